The number of terminal acetylenes is 1. The van der Waals surface area contributed by atoms with Crippen LogP contribution in [0.1, 0.15) is 98.4 Å². The van der Waals surface area contributed by atoms with Gasteiger partial charge in [-0.15, -0.1) is 6.42 Å². The van der Waals surface area contributed by atoms with Gasteiger partial charge in [-0.2, -0.15) is 0 Å². The Morgan fingerprint density at radius 2 is 1.41 bits per heavy atom. The van der Waals surface area contributed by atoms with Crippen molar-refractivity contribution in [3.63, 3.8) is 0 Å². The van der Waals surface area contributed by atoms with Crippen molar-refractivity contribution in [1.82, 2.24) is 15.5 Å². The molecule has 0 heterocycles. The average molecular weight is 634 g/mol. The number of hydrogen-bond donors (Lipinski definition) is 2. The van der Waals surface area contributed by atoms with E-state index in [0.717, 1.165) is 5.56 Å². The lowest BCUT2D eigenvalue weighted by atomic mass is 9.94. The molecular weight excluding hydrogens is 582 g/mol. The van der Waals surface area contributed by atoms with Crippen LogP contribution in [-0.4, -0.2) is 58.1 Å². The second kappa shape index (κ2) is 16.3. The first-order valence-corrected chi connectivity index (χ1v) is 15.8. The lowest BCUT2D eigenvalue weighted by molar-refractivity contribution is -0.159. The van der Waals surface area contributed by atoms with E-state index in [0.29, 0.717) is 17.5 Å². The molecule has 2 aromatic carbocycles. The zero-order valence-electron chi connectivity index (χ0n) is 29.0. The molecule has 0 aliphatic rings. The van der Waals surface area contributed by atoms with Gasteiger partial charge < -0.3 is 25.0 Å². The molecule has 2 aromatic rings. The molecule has 0 aromatic heterocycles. The summed E-state index contributed by atoms with van der Waals surface area (Å²) in [6, 6.07) is 12.4. The van der Waals surface area contributed by atoms with Crippen molar-refractivity contribution in [2.24, 2.45) is 5.92 Å². The molecule has 2 N–H and O–H groups in total. The smallest absolute Gasteiger partial charge is 0.408 e. The van der Waals surface area contributed by atoms with Gasteiger partial charge in [0.15, 0.2) is 0 Å². The molecule has 0 aliphatic carbocycles. The number of nitrogens with one attached hydrogen (secondary N) is 2. The Balaban J connectivity index is 2.63. The van der Waals surface area contributed by atoms with Crippen molar-refractivity contribution < 1.29 is 28.7 Å². The molecule has 250 valence electrons. The largest absolute Gasteiger partial charge is 0.458 e. The number of amides is 3. The van der Waals surface area contributed by atoms with Crippen LogP contribution in [-0.2, 0) is 30.3 Å². The molecule has 2 rings (SSSR count). The molecule has 4 unspecified atom stereocenters. The molecule has 0 fully saturated rings. The predicted octanol–water partition coefficient (Wildman–Crippen LogP) is 5.95. The van der Waals surface area contributed by atoms with Gasteiger partial charge in [-0.05, 0) is 84.6 Å². The highest BCUT2D eigenvalue weighted by Gasteiger charge is 2.40. The molecule has 0 spiro atoms. The van der Waals surface area contributed by atoms with Crippen LogP contribution in [0.5, 0.6) is 0 Å². The average Bonchev–Trinajstić information content (AvgIpc) is 2.96. The molecule has 9 heteroatoms. The highest BCUT2D eigenvalue weighted by Crippen LogP contribution is 2.28. The number of carbonyl (C=O) groups excluding carboxylic acids is 4. The van der Waals surface area contributed by atoms with E-state index in [1.807, 2.05) is 44.2 Å². The Morgan fingerprint density at radius 1 is 0.848 bits per heavy atom. The number of benzene rings is 2. The second-order valence-corrected chi connectivity index (χ2v) is 13.8. The van der Waals surface area contributed by atoms with Gasteiger partial charge in [0.05, 0.1) is 0 Å². The Bertz CT molecular complexity index is 1370. The van der Waals surface area contributed by atoms with Gasteiger partial charge >= 0.3 is 12.1 Å². The zero-order chi connectivity index (χ0) is 34.8. The molecule has 0 bridgehead atoms. The standard InChI is InChI=1S/C37H51N3O6/c1-12-25(5)30(39-35(44)46-37(9,10)11)33(42)40(24(3)4)31(28-21-19-26(13-2)20-22-28)32(41)38-29(34(43)45-36(6,7)8)23-27-17-15-14-16-18-27/h2,14-22,24-25,29-31H,12,23H2,1,3-11H3,(H,38,41)(H,39,44). The maximum atomic E-state index is 14.5. The van der Waals surface area contributed by atoms with Crippen LogP contribution in [0.3, 0.4) is 0 Å². The molecule has 9 nitrogen and oxygen atoms in total. The third kappa shape index (κ3) is 11.6. The number of rotatable bonds is 12. The second-order valence-electron chi connectivity index (χ2n) is 13.8. The first-order valence-electron chi connectivity index (χ1n) is 15.8. The minimum atomic E-state index is -1.17. The lowest BCUT2D eigenvalue weighted by Gasteiger charge is -2.39. The number of nitrogens with zero attached hydrogens (tertiary/aromatic N) is 1. The Kier molecular flexibility index (Phi) is 13.4. The summed E-state index contributed by atoms with van der Waals surface area (Å²) in [5.74, 6) is 0.635. The summed E-state index contributed by atoms with van der Waals surface area (Å²) in [4.78, 5) is 56.7. The van der Waals surface area contributed by atoms with E-state index in [2.05, 4.69) is 16.6 Å². The maximum Gasteiger partial charge on any atom is 0.408 e. The van der Waals surface area contributed by atoms with Crippen molar-refractivity contribution in [1.29, 1.82) is 0 Å². The van der Waals surface area contributed by atoms with Gasteiger partial charge in [-0.1, -0.05) is 68.7 Å². The van der Waals surface area contributed by atoms with Crippen LogP contribution in [0, 0.1) is 18.3 Å². The minimum Gasteiger partial charge on any atom is -0.458 e. The summed E-state index contributed by atoms with van der Waals surface area (Å²) in [7, 11) is 0. The first-order chi connectivity index (χ1) is 21.4. The van der Waals surface area contributed by atoms with E-state index in [4.69, 9.17) is 15.9 Å². The third-order valence-electron chi connectivity index (χ3n) is 7.17. The van der Waals surface area contributed by atoms with Crippen molar-refractivity contribution in [2.45, 2.75) is 117 Å². The van der Waals surface area contributed by atoms with Crippen molar-refractivity contribution >= 4 is 23.9 Å². The van der Waals surface area contributed by atoms with E-state index < -0.39 is 59.2 Å². The molecule has 0 saturated heterocycles. The summed E-state index contributed by atoms with van der Waals surface area (Å²) in [6.45, 7) is 17.9. The van der Waals surface area contributed by atoms with Crippen LogP contribution in [0.4, 0.5) is 4.79 Å². The highest BCUT2D eigenvalue weighted by molar-refractivity contribution is 5.94. The van der Waals surface area contributed by atoms with Crippen LogP contribution in [0.2, 0.25) is 0 Å². The predicted molar refractivity (Wildman–Crippen MR) is 180 cm³/mol. The zero-order valence-corrected chi connectivity index (χ0v) is 29.0. The van der Waals surface area contributed by atoms with E-state index in [-0.39, 0.29) is 12.3 Å². The molecule has 0 radical (unpaired) electrons. The molecule has 4 atom stereocenters. The fourth-order valence-electron chi connectivity index (χ4n) is 4.82. The Morgan fingerprint density at radius 3 is 1.89 bits per heavy atom. The number of esters is 1. The van der Waals surface area contributed by atoms with E-state index >= 15 is 0 Å². The quantitative estimate of drug-likeness (QED) is 0.221. The van der Waals surface area contributed by atoms with Crippen molar-refractivity contribution in [3.8, 4) is 12.3 Å². The van der Waals surface area contributed by atoms with Gasteiger partial charge in [0, 0.05) is 18.0 Å². The monoisotopic (exact) mass is 633 g/mol. The highest BCUT2D eigenvalue weighted by atomic mass is 16.6. The number of ether oxygens (including phenoxy) is 2. The molecule has 0 aliphatic heterocycles. The maximum absolute atomic E-state index is 14.5. The SMILES string of the molecule is C#Cc1ccc(C(C(=O)NC(Cc2ccccc2)C(=O)OC(C)(C)C)N(C(=O)C(NC(=O)OC(C)(C)C)C(C)CC)C(C)C)cc1. The fraction of sp³-hybridized carbons (Fsp3) is 0.514. The van der Waals surface area contributed by atoms with Gasteiger partial charge in [-0.3, -0.25) is 9.59 Å². The minimum absolute atomic E-state index is 0.176. The molecular formula is C37H51N3O6. The van der Waals surface area contributed by atoms with Gasteiger partial charge in [0.25, 0.3) is 0 Å². The number of carbonyl (C=O) groups is 4. The van der Waals surface area contributed by atoms with E-state index in [1.165, 1.54) is 4.90 Å². The van der Waals surface area contributed by atoms with Gasteiger partial charge in [-0.25, -0.2) is 9.59 Å². The van der Waals surface area contributed by atoms with Gasteiger partial charge in [0.1, 0.15) is 29.3 Å². The van der Waals surface area contributed by atoms with Crippen LogP contribution in [0.25, 0.3) is 0 Å². The normalized spacial score (nSPS) is 14.2. The molecule has 0 saturated carbocycles. The Labute approximate surface area is 274 Å². The van der Waals surface area contributed by atoms with Gasteiger partial charge in [0.2, 0.25) is 11.8 Å². The Hall–Kier alpha value is -4.32. The summed E-state index contributed by atoms with van der Waals surface area (Å²) in [6.07, 6.45) is 5.61. The molecule has 46 heavy (non-hydrogen) atoms. The van der Waals surface area contributed by atoms with Crippen molar-refractivity contribution in [2.75, 3.05) is 0 Å². The third-order valence-corrected chi connectivity index (χ3v) is 7.17. The molecule has 3 amide bonds. The summed E-state index contributed by atoms with van der Waals surface area (Å²) in [5, 5.41) is 5.66. The summed E-state index contributed by atoms with van der Waals surface area (Å²) in [5.41, 5.74) is 0.342. The van der Waals surface area contributed by atoms with Crippen LogP contribution < -0.4 is 10.6 Å². The lowest BCUT2D eigenvalue weighted by Crippen LogP contribution is -2.58. The van der Waals surface area contributed by atoms with Crippen molar-refractivity contribution in [3.05, 3.63) is 71.3 Å². The summed E-state index contributed by atoms with van der Waals surface area (Å²) >= 11 is 0. The van der Waals surface area contributed by atoms with Crippen LogP contribution >= 0.6 is 0 Å². The number of hydrogen-bond acceptors (Lipinski definition) is 6. The van der Waals surface area contributed by atoms with E-state index in [9.17, 15) is 19.2 Å². The first kappa shape index (κ1) is 37.9. The van der Waals surface area contributed by atoms with Crippen LogP contribution in [0.15, 0.2) is 54.6 Å². The summed E-state index contributed by atoms with van der Waals surface area (Å²) < 4.78 is 11.2. The topological polar surface area (TPSA) is 114 Å². The van der Waals surface area contributed by atoms with E-state index in [1.54, 1.807) is 79.7 Å². The fourth-order valence-corrected chi connectivity index (χ4v) is 4.82. The number of alkyl carbamates (subject to hydrolysis) is 1.